The topological polar surface area (TPSA) is 93.1 Å². The van der Waals surface area contributed by atoms with Crippen LogP contribution in [0.4, 0.5) is 0 Å². The third-order valence-electron chi connectivity index (χ3n) is 2.21. The van der Waals surface area contributed by atoms with Gasteiger partial charge in [0.1, 0.15) is 6.10 Å². The lowest BCUT2D eigenvalue weighted by Crippen LogP contribution is -2.46. The predicted octanol–water partition coefficient (Wildman–Crippen LogP) is -1.02. The van der Waals surface area contributed by atoms with E-state index >= 15 is 0 Å². The molecular formula is C9H14O6. The third kappa shape index (κ3) is 2.17. The summed E-state index contributed by atoms with van der Waals surface area (Å²) < 4.78 is 9.46. The van der Waals surface area contributed by atoms with E-state index < -0.39 is 29.7 Å². The summed E-state index contributed by atoms with van der Waals surface area (Å²) >= 11 is 0. The number of Topliss-reactive ketones (excluding diaryl/α,β-unsaturated/α-hetero) is 1. The Morgan fingerprint density at radius 1 is 1.80 bits per heavy atom. The zero-order chi connectivity index (χ0) is 11.6. The van der Waals surface area contributed by atoms with Crippen molar-refractivity contribution < 1.29 is 29.3 Å². The van der Waals surface area contributed by atoms with Gasteiger partial charge in [0.15, 0.2) is 11.9 Å². The van der Waals surface area contributed by atoms with Gasteiger partial charge in [-0.3, -0.25) is 4.79 Å². The monoisotopic (exact) mass is 218 g/mol. The molecule has 1 fully saturated rings. The van der Waals surface area contributed by atoms with Crippen LogP contribution in [-0.2, 0) is 19.1 Å². The number of ether oxygens (including phenoxy) is 2. The molecule has 2 N–H and O–H groups in total. The van der Waals surface area contributed by atoms with Crippen molar-refractivity contribution in [3.63, 3.8) is 0 Å². The van der Waals surface area contributed by atoms with E-state index in [1.54, 1.807) is 6.92 Å². The summed E-state index contributed by atoms with van der Waals surface area (Å²) in [6, 6.07) is 0. The number of ketones is 1. The molecule has 3 atom stereocenters. The van der Waals surface area contributed by atoms with Crippen LogP contribution in [-0.4, -0.2) is 46.6 Å². The third-order valence-corrected chi connectivity index (χ3v) is 2.21. The van der Waals surface area contributed by atoms with Gasteiger partial charge in [0, 0.05) is 6.42 Å². The molecule has 1 aliphatic heterocycles. The Balaban J connectivity index is 2.71. The summed E-state index contributed by atoms with van der Waals surface area (Å²) in [5.41, 5.74) is 0. The maximum absolute atomic E-state index is 11.3. The summed E-state index contributed by atoms with van der Waals surface area (Å²) in [6.07, 6.45) is -2.79. The van der Waals surface area contributed by atoms with Gasteiger partial charge in [0.25, 0.3) is 5.79 Å². The van der Waals surface area contributed by atoms with Gasteiger partial charge in [-0.05, 0) is 13.8 Å². The van der Waals surface area contributed by atoms with Gasteiger partial charge in [0.2, 0.25) is 0 Å². The molecule has 1 aliphatic rings. The van der Waals surface area contributed by atoms with Gasteiger partial charge in [0.05, 0.1) is 6.61 Å². The Hall–Kier alpha value is -0.980. The molecule has 0 amide bonds. The van der Waals surface area contributed by atoms with E-state index in [0.717, 1.165) is 0 Å². The van der Waals surface area contributed by atoms with Crippen LogP contribution in [0.3, 0.4) is 0 Å². The molecule has 0 radical (unpaired) electrons. The summed E-state index contributed by atoms with van der Waals surface area (Å²) in [4.78, 5) is 22.5. The Kier molecular flexibility index (Phi) is 3.43. The van der Waals surface area contributed by atoms with Crippen molar-refractivity contribution >= 4 is 11.8 Å². The number of hydrogen-bond donors (Lipinski definition) is 2. The molecule has 1 saturated heterocycles. The zero-order valence-electron chi connectivity index (χ0n) is 8.60. The van der Waals surface area contributed by atoms with Crippen LogP contribution in [0.15, 0.2) is 0 Å². The highest BCUT2D eigenvalue weighted by Gasteiger charge is 2.52. The van der Waals surface area contributed by atoms with Crippen LogP contribution in [0.1, 0.15) is 20.3 Å². The number of esters is 1. The maximum Gasteiger partial charge on any atom is 0.335 e. The van der Waals surface area contributed by atoms with Crippen LogP contribution in [0.2, 0.25) is 0 Å². The number of rotatable bonds is 3. The molecule has 86 valence electrons. The Labute approximate surface area is 86.8 Å². The van der Waals surface area contributed by atoms with Gasteiger partial charge >= 0.3 is 5.97 Å². The van der Waals surface area contributed by atoms with Gasteiger partial charge in [-0.2, -0.15) is 0 Å². The van der Waals surface area contributed by atoms with Gasteiger partial charge in [-0.25, -0.2) is 4.79 Å². The minimum Gasteiger partial charge on any atom is -0.464 e. The van der Waals surface area contributed by atoms with E-state index in [1.165, 1.54) is 6.92 Å². The summed E-state index contributed by atoms with van der Waals surface area (Å²) in [6.45, 7) is 3.00. The molecule has 1 heterocycles. The second kappa shape index (κ2) is 4.26. The van der Waals surface area contributed by atoms with E-state index in [2.05, 4.69) is 4.74 Å². The van der Waals surface area contributed by atoms with Crippen LogP contribution in [0, 0.1) is 0 Å². The quantitative estimate of drug-likeness (QED) is 0.589. The molecule has 1 rings (SSSR count). The Bertz CT molecular complexity index is 274. The van der Waals surface area contributed by atoms with Crippen molar-refractivity contribution in [3.05, 3.63) is 0 Å². The number of hydrogen-bond acceptors (Lipinski definition) is 6. The van der Waals surface area contributed by atoms with E-state index in [0.29, 0.717) is 0 Å². The second-order valence-electron chi connectivity index (χ2n) is 3.36. The second-order valence-corrected chi connectivity index (χ2v) is 3.36. The molecule has 0 aliphatic carbocycles. The van der Waals surface area contributed by atoms with E-state index in [9.17, 15) is 14.7 Å². The van der Waals surface area contributed by atoms with E-state index in [4.69, 9.17) is 9.84 Å². The van der Waals surface area contributed by atoms with Crippen LogP contribution in [0.25, 0.3) is 0 Å². The highest BCUT2D eigenvalue weighted by molar-refractivity contribution is 5.93. The first kappa shape index (κ1) is 12.1. The fourth-order valence-corrected chi connectivity index (χ4v) is 1.34. The van der Waals surface area contributed by atoms with Crippen molar-refractivity contribution in [2.75, 3.05) is 6.61 Å². The van der Waals surface area contributed by atoms with Crippen molar-refractivity contribution in [3.8, 4) is 0 Å². The smallest absolute Gasteiger partial charge is 0.335 e. The van der Waals surface area contributed by atoms with Crippen LogP contribution < -0.4 is 0 Å². The van der Waals surface area contributed by atoms with Crippen molar-refractivity contribution in [2.45, 2.75) is 38.3 Å². The lowest BCUT2D eigenvalue weighted by molar-refractivity contribution is -0.235. The number of aliphatic hydroxyl groups excluding tert-OH is 1. The summed E-state index contributed by atoms with van der Waals surface area (Å²) in [7, 11) is 0. The lowest BCUT2D eigenvalue weighted by atomic mass is 10.1. The molecule has 15 heavy (non-hydrogen) atoms. The van der Waals surface area contributed by atoms with Gasteiger partial charge in [-0.1, -0.05) is 0 Å². The first-order valence-electron chi connectivity index (χ1n) is 4.70. The average Bonchev–Trinajstić information content (AvgIpc) is 2.45. The summed E-state index contributed by atoms with van der Waals surface area (Å²) in [5, 5.41) is 18.8. The predicted molar refractivity (Wildman–Crippen MR) is 47.8 cm³/mol. The Morgan fingerprint density at radius 2 is 2.40 bits per heavy atom. The SMILES string of the molecule is CCOC(=O)C1CC(=O)C(O)(C(C)O)O1. The molecule has 0 aromatic rings. The standard InChI is InChI=1S/C9H14O6/c1-3-14-8(12)6-4-7(11)9(13,15-6)5(2)10/h5-6,10,13H,3-4H2,1-2H3. The molecule has 3 unspecified atom stereocenters. The van der Waals surface area contributed by atoms with Crippen molar-refractivity contribution in [1.29, 1.82) is 0 Å². The maximum atomic E-state index is 11.3. The minimum absolute atomic E-state index is 0.167. The van der Waals surface area contributed by atoms with Crippen LogP contribution in [0.5, 0.6) is 0 Å². The number of carbonyl (C=O) groups is 2. The molecule has 0 bridgehead atoms. The van der Waals surface area contributed by atoms with Crippen LogP contribution >= 0.6 is 0 Å². The summed E-state index contributed by atoms with van der Waals surface area (Å²) in [5.74, 6) is -3.70. The first-order chi connectivity index (χ1) is 6.91. The average molecular weight is 218 g/mol. The van der Waals surface area contributed by atoms with E-state index in [-0.39, 0.29) is 13.0 Å². The molecule has 0 saturated carbocycles. The van der Waals surface area contributed by atoms with Crippen molar-refractivity contribution in [1.82, 2.24) is 0 Å². The molecule has 0 spiro atoms. The first-order valence-corrected chi connectivity index (χ1v) is 4.70. The molecule has 6 nitrogen and oxygen atoms in total. The number of aliphatic hydroxyl groups is 2. The van der Waals surface area contributed by atoms with E-state index in [1.807, 2.05) is 0 Å². The lowest BCUT2D eigenvalue weighted by Gasteiger charge is -2.23. The molecule has 6 heteroatoms. The number of carbonyl (C=O) groups excluding carboxylic acids is 2. The minimum atomic E-state index is -2.28. The molecule has 0 aromatic heterocycles. The van der Waals surface area contributed by atoms with Gasteiger partial charge < -0.3 is 19.7 Å². The zero-order valence-corrected chi connectivity index (χ0v) is 8.60. The molecule has 0 aromatic carbocycles. The highest BCUT2D eigenvalue weighted by Crippen LogP contribution is 2.28. The normalized spacial score (nSPS) is 32.8. The fourth-order valence-electron chi connectivity index (χ4n) is 1.34. The van der Waals surface area contributed by atoms with Crippen molar-refractivity contribution in [2.24, 2.45) is 0 Å². The highest BCUT2D eigenvalue weighted by atomic mass is 16.7. The molecular weight excluding hydrogens is 204 g/mol. The largest absolute Gasteiger partial charge is 0.464 e. The fraction of sp³-hybridized carbons (Fsp3) is 0.778. The van der Waals surface area contributed by atoms with Gasteiger partial charge in [-0.15, -0.1) is 0 Å². The Morgan fingerprint density at radius 3 is 2.80 bits per heavy atom.